The highest BCUT2D eigenvalue weighted by Crippen LogP contribution is 2.00. The fourth-order valence-electron chi connectivity index (χ4n) is 1.04. The SMILES string of the molecule is COCNC(=O)C(=O)C=Cc1ccccc1. The van der Waals surface area contributed by atoms with Crippen LogP contribution >= 0.6 is 0 Å². The summed E-state index contributed by atoms with van der Waals surface area (Å²) < 4.78 is 4.62. The quantitative estimate of drug-likeness (QED) is 0.456. The Morgan fingerprint density at radius 3 is 2.62 bits per heavy atom. The zero-order valence-corrected chi connectivity index (χ0v) is 8.97. The van der Waals surface area contributed by atoms with Crippen molar-refractivity contribution in [2.45, 2.75) is 0 Å². The summed E-state index contributed by atoms with van der Waals surface area (Å²) in [6, 6.07) is 9.28. The predicted molar refractivity (Wildman–Crippen MR) is 60.5 cm³/mol. The van der Waals surface area contributed by atoms with Gasteiger partial charge < -0.3 is 10.1 Å². The van der Waals surface area contributed by atoms with E-state index < -0.39 is 11.7 Å². The lowest BCUT2D eigenvalue weighted by atomic mass is 10.2. The van der Waals surface area contributed by atoms with Crippen LogP contribution in [-0.4, -0.2) is 25.5 Å². The van der Waals surface area contributed by atoms with Gasteiger partial charge in [-0.15, -0.1) is 0 Å². The molecule has 1 amide bonds. The molecule has 0 saturated carbocycles. The summed E-state index contributed by atoms with van der Waals surface area (Å²) in [6.45, 7) is 0.0315. The lowest BCUT2D eigenvalue weighted by Gasteiger charge is -1.99. The number of nitrogens with one attached hydrogen (secondary N) is 1. The van der Waals surface area contributed by atoms with Gasteiger partial charge in [-0.3, -0.25) is 9.59 Å². The van der Waals surface area contributed by atoms with Crippen LogP contribution in [0.15, 0.2) is 36.4 Å². The lowest BCUT2D eigenvalue weighted by Crippen LogP contribution is -2.31. The summed E-state index contributed by atoms with van der Waals surface area (Å²) in [6.07, 6.45) is 2.83. The van der Waals surface area contributed by atoms with Gasteiger partial charge in [-0.1, -0.05) is 36.4 Å². The molecule has 0 heterocycles. The largest absolute Gasteiger partial charge is 0.364 e. The van der Waals surface area contributed by atoms with Gasteiger partial charge in [0.25, 0.3) is 5.91 Å². The summed E-state index contributed by atoms with van der Waals surface area (Å²) in [5.41, 5.74) is 0.871. The maximum Gasteiger partial charge on any atom is 0.293 e. The molecule has 1 aromatic carbocycles. The second kappa shape index (κ2) is 6.53. The van der Waals surface area contributed by atoms with E-state index >= 15 is 0 Å². The zero-order chi connectivity index (χ0) is 11.8. The first-order valence-electron chi connectivity index (χ1n) is 4.78. The summed E-state index contributed by atoms with van der Waals surface area (Å²) in [4.78, 5) is 22.4. The number of ether oxygens (including phenoxy) is 1. The molecular formula is C12H13NO3. The number of hydrogen-bond acceptors (Lipinski definition) is 3. The molecule has 0 atom stereocenters. The fraction of sp³-hybridized carbons (Fsp3) is 0.167. The van der Waals surface area contributed by atoms with Gasteiger partial charge in [0.05, 0.1) is 0 Å². The van der Waals surface area contributed by atoms with Gasteiger partial charge in [-0.2, -0.15) is 0 Å². The molecule has 0 aliphatic heterocycles. The van der Waals surface area contributed by atoms with E-state index in [0.29, 0.717) is 0 Å². The van der Waals surface area contributed by atoms with Crippen LogP contribution < -0.4 is 5.32 Å². The van der Waals surface area contributed by atoms with Crippen molar-refractivity contribution >= 4 is 17.8 Å². The molecule has 0 spiro atoms. The highest BCUT2D eigenvalue weighted by atomic mass is 16.5. The van der Waals surface area contributed by atoms with Crippen molar-refractivity contribution in [1.29, 1.82) is 0 Å². The minimum Gasteiger partial charge on any atom is -0.364 e. The normalized spacial score (nSPS) is 10.3. The first-order valence-corrected chi connectivity index (χ1v) is 4.78. The van der Waals surface area contributed by atoms with Crippen LogP contribution in [0.1, 0.15) is 5.56 Å². The predicted octanol–water partition coefficient (Wildman–Crippen LogP) is 0.989. The van der Waals surface area contributed by atoms with Gasteiger partial charge in [0.2, 0.25) is 5.78 Å². The number of benzene rings is 1. The minimum absolute atomic E-state index is 0.0315. The van der Waals surface area contributed by atoms with E-state index in [-0.39, 0.29) is 6.73 Å². The molecule has 4 heteroatoms. The molecule has 0 fully saturated rings. The number of methoxy groups -OCH3 is 1. The zero-order valence-electron chi connectivity index (χ0n) is 8.97. The molecule has 0 saturated heterocycles. The Morgan fingerprint density at radius 2 is 2.00 bits per heavy atom. The number of ketones is 1. The molecule has 0 aromatic heterocycles. The van der Waals surface area contributed by atoms with E-state index in [0.717, 1.165) is 5.56 Å². The van der Waals surface area contributed by atoms with Crippen LogP contribution in [0, 0.1) is 0 Å². The Kier molecular flexibility index (Phi) is 4.95. The van der Waals surface area contributed by atoms with E-state index in [2.05, 4.69) is 10.1 Å². The second-order valence-electron chi connectivity index (χ2n) is 3.05. The van der Waals surface area contributed by atoms with Crippen LogP contribution in [0.5, 0.6) is 0 Å². The van der Waals surface area contributed by atoms with Crippen molar-refractivity contribution in [3.63, 3.8) is 0 Å². The van der Waals surface area contributed by atoms with Gasteiger partial charge in [0.15, 0.2) is 0 Å². The molecule has 16 heavy (non-hydrogen) atoms. The van der Waals surface area contributed by atoms with Crippen molar-refractivity contribution in [3.8, 4) is 0 Å². The summed E-state index contributed by atoms with van der Waals surface area (Å²) >= 11 is 0. The van der Waals surface area contributed by atoms with Crippen LogP contribution in [0.4, 0.5) is 0 Å². The molecule has 1 N–H and O–H groups in total. The minimum atomic E-state index is -0.672. The van der Waals surface area contributed by atoms with E-state index in [4.69, 9.17) is 0 Å². The van der Waals surface area contributed by atoms with Crippen LogP contribution in [0.25, 0.3) is 6.08 Å². The number of carbonyl (C=O) groups excluding carboxylic acids is 2. The van der Waals surface area contributed by atoms with Gasteiger partial charge in [-0.05, 0) is 11.6 Å². The third-order valence-electron chi connectivity index (χ3n) is 1.83. The molecule has 1 rings (SSSR count). The highest BCUT2D eigenvalue weighted by Gasteiger charge is 2.07. The Hall–Kier alpha value is -1.94. The van der Waals surface area contributed by atoms with Gasteiger partial charge in [0, 0.05) is 7.11 Å². The smallest absolute Gasteiger partial charge is 0.293 e. The maximum atomic E-state index is 11.3. The van der Waals surface area contributed by atoms with Crippen molar-refractivity contribution in [1.82, 2.24) is 5.32 Å². The molecular weight excluding hydrogens is 206 g/mol. The molecule has 4 nitrogen and oxygen atoms in total. The fourth-order valence-corrected chi connectivity index (χ4v) is 1.04. The number of hydrogen-bond donors (Lipinski definition) is 1. The lowest BCUT2D eigenvalue weighted by molar-refractivity contribution is -0.136. The topological polar surface area (TPSA) is 55.4 Å². The Labute approximate surface area is 93.9 Å². The van der Waals surface area contributed by atoms with Crippen molar-refractivity contribution < 1.29 is 14.3 Å². The van der Waals surface area contributed by atoms with Crippen molar-refractivity contribution in [2.24, 2.45) is 0 Å². The monoisotopic (exact) mass is 219 g/mol. The van der Waals surface area contributed by atoms with E-state index in [1.54, 1.807) is 6.08 Å². The summed E-state index contributed by atoms with van der Waals surface area (Å²) in [7, 11) is 1.44. The maximum absolute atomic E-state index is 11.3. The third kappa shape index (κ3) is 4.06. The molecule has 0 aliphatic rings. The molecule has 0 bridgehead atoms. The van der Waals surface area contributed by atoms with Crippen LogP contribution in [-0.2, 0) is 14.3 Å². The van der Waals surface area contributed by atoms with Gasteiger partial charge in [-0.25, -0.2) is 0 Å². The number of carbonyl (C=O) groups is 2. The van der Waals surface area contributed by atoms with Gasteiger partial charge in [0.1, 0.15) is 6.73 Å². The first kappa shape index (κ1) is 12.1. The molecule has 1 aromatic rings. The standard InChI is InChI=1S/C12H13NO3/c1-16-9-13-12(15)11(14)8-7-10-5-3-2-4-6-10/h2-8H,9H2,1H3,(H,13,15). The van der Waals surface area contributed by atoms with Crippen LogP contribution in [0.3, 0.4) is 0 Å². The molecule has 0 unspecified atom stereocenters. The molecule has 0 aliphatic carbocycles. The average molecular weight is 219 g/mol. The number of amides is 1. The van der Waals surface area contributed by atoms with E-state index in [1.165, 1.54) is 13.2 Å². The third-order valence-corrected chi connectivity index (χ3v) is 1.83. The molecule has 84 valence electrons. The molecule has 0 radical (unpaired) electrons. The average Bonchev–Trinajstić information content (AvgIpc) is 2.34. The van der Waals surface area contributed by atoms with Crippen molar-refractivity contribution in [2.75, 3.05) is 13.8 Å². The highest BCUT2D eigenvalue weighted by molar-refractivity contribution is 6.41. The summed E-state index contributed by atoms with van der Waals surface area (Å²) in [5, 5.41) is 2.31. The Balaban J connectivity index is 2.51. The second-order valence-corrected chi connectivity index (χ2v) is 3.05. The van der Waals surface area contributed by atoms with Crippen molar-refractivity contribution in [3.05, 3.63) is 42.0 Å². The Bertz CT molecular complexity index is 385. The number of rotatable bonds is 5. The van der Waals surface area contributed by atoms with E-state index in [9.17, 15) is 9.59 Å². The van der Waals surface area contributed by atoms with E-state index in [1.807, 2.05) is 30.3 Å². The Morgan fingerprint density at radius 1 is 1.31 bits per heavy atom. The van der Waals surface area contributed by atoms with Crippen LogP contribution in [0.2, 0.25) is 0 Å². The van der Waals surface area contributed by atoms with Gasteiger partial charge >= 0.3 is 0 Å². The summed E-state index contributed by atoms with van der Waals surface area (Å²) in [5.74, 6) is -1.27. The first-order chi connectivity index (χ1) is 7.74.